The first-order valence-corrected chi connectivity index (χ1v) is 8.83. The van der Waals surface area contributed by atoms with E-state index in [4.69, 9.17) is 11.6 Å². The molecular weight excluding hydrogens is 300 g/mol. The number of nitrogens with one attached hydrogen (secondary N) is 1. The van der Waals surface area contributed by atoms with Gasteiger partial charge in [0.1, 0.15) is 0 Å². The summed E-state index contributed by atoms with van der Waals surface area (Å²) in [5, 5.41) is 7.87. The van der Waals surface area contributed by atoms with Crippen LogP contribution in [0.5, 0.6) is 0 Å². The minimum atomic E-state index is 0.578. The van der Waals surface area contributed by atoms with Crippen LogP contribution in [0.3, 0.4) is 0 Å². The fourth-order valence-electron chi connectivity index (χ4n) is 2.58. The summed E-state index contributed by atoms with van der Waals surface area (Å²) in [6.07, 6.45) is 4.77. The first-order valence-electron chi connectivity index (χ1n) is 7.58. The predicted molar refractivity (Wildman–Crippen MR) is 90.2 cm³/mol. The van der Waals surface area contributed by atoms with Crippen molar-refractivity contribution >= 4 is 22.9 Å². The van der Waals surface area contributed by atoms with Gasteiger partial charge in [0.25, 0.3) is 0 Å². The average molecular weight is 321 g/mol. The number of halogens is 1. The van der Waals surface area contributed by atoms with Crippen molar-refractivity contribution in [2.75, 3.05) is 6.54 Å². The summed E-state index contributed by atoms with van der Waals surface area (Å²) in [5.41, 5.74) is 2.45. The first-order chi connectivity index (χ1) is 10.2. The van der Waals surface area contributed by atoms with Crippen LogP contribution in [0.25, 0.3) is 0 Å². The Morgan fingerprint density at radius 3 is 2.90 bits per heavy atom. The van der Waals surface area contributed by atoms with Crippen molar-refractivity contribution in [3.63, 3.8) is 0 Å². The van der Waals surface area contributed by atoms with Crippen LogP contribution in [0.4, 0.5) is 0 Å². The van der Waals surface area contributed by atoms with Gasteiger partial charge in [-0.2, -0.15) is 0 Å². The third kappa shape index (κ3) is 4.80. The maximum atomic E-state index is 6.10. The molecule has 112 valence electrons. The smallest absolute Gasteiger partial charge is 0.0931 e. The first kappa shape index (κ1) is 15.0. The van der Waals surface area contributed by atoms with Crippen LogP contribution in [0, 0.1) is 12.8 Å². The van der Waals surface area contributed by atoms with Crippen LogP contribution >= 0.6 is 22.9 Å². The number of hydrogen-bond acceptors (Lipinski definition) is 3. The number of thiazole rings is 1. The molecule has 0 amide bonds. The second-order valence-corrected chi connectivity index (χ2v) is 7.35. The Bertz CT molecular complexity index is 592. The van der Waals surface area contributed by atoms with E-state index in [-0.39, 0.29) is 0 Å². The van der Waals surface area contributed by atoms with Gasteiger partial charge in [-0.25, -0.2) is 4.98 Å². The van der Waals surface area contributed by atoms with Gasteiger partial charge in [-0.05, 0) is 56.3 Å². The molecule has 1 aromatic heterocycles. The van der Waals surface area contributed by atoms with Crippen molar-refractivity contribution in [1.82, 2.24) is 10.3 Å². The van der Waals surface area contributed by atoms with Crippen molar-refractivity contribution in [1.29, 1.82) is 0 Å². The molecule has 21 heavy (non-hydrogen) atoms. The molecule has 0 bridgehead atoms. The van der Waals surface area contributed by atoms with Crippen molar-refractivity contribution in [2.45, 2.75) is 38.6 Å². The van der Waals surface area contributed by atoms with Crippen LogP contribution in [-0.2, 0) is 12.8 Å². The highest BCUT2D eigenvalue weighted by molar-refractivity contribution is 7.09. The molecule has 1 saturated carbocycles. The van der Waals surface area contributed by atoms with E-state index in [1.807, 2.05) is 12.1 Å². The van der Waals surface area contributed by atoms with Gasteiger partial charge in [-0.3, -0.25) is 0 Å². The van der Waals surface area contributed by atoms with Crippen molar-refractivity contribution in [3.05, 3.63) is 50.9 Å². The summed E-state index contributed by atoms with van der Waals surface area (Å²) in [4.78, 5) is 4.62. The SMILES string of the molecule is Cc1csc(CC(CNC2CC2)Cc2cccc(Cl)c2)n1. The van der Waals surface area contributed by atoms with Crippen molar-refractivity contribution < 1.29 is 0 Å². The molecule has 2 aromatic rings. The molecule has 1 aliphatic carbocycles. The van der Waals surface area contributed by atoms with Gasteiger partial charge in [-0.15, -0.1) is 11.3 Å². The molecule has 0 aliphatic heterocycles. The van der Waals surface area contributed by atoms with Gasteiger partial charge < -0.3 is 5.32 Å². The summed E-state index contributed by atoms with van der Waals surface area (Å²) < 4.78 is 0. The lowest BCUT2D eigenvalue weighted by Crippen LogP contribution is -2.27. The Morgan fingerprint density at radius 2 is 2.24 bits per heavy atom. The van der Waals surface area contributed by atoms with Crippen LogP contribution in [0.1, 0.15) is 29.1 Å². The molecule has 0 saturated heterocycles. The quantitative estimate of drug-likeness (QED) is 0.824. The lowest BCUT2D eigenvalue weighted by Gasteiger charge is -2.17. The second-order valence-electron chi connectivity index (χ2n) is 5.97. The Balaban J connectivity index is 1.65. The summed E-state index contributed by atoms with van der Waals surface area (Å²) >= 11 is 7.88. The van der Waals surface area contributed by atoms with Gasteiger partial charge in [-0.1, -0.05) is 23.7 Å². The lowest BCUT2D eigenvalue weighted by molar-refractivity contribution is 0.468. The maximum Gasteiger partial charge on any atom is 0.0931 e. The van der Waals surface area contributed by atoms with Gasteiger partial charge in [0.2, 0.25) is 0 Å². The Labute approximate surface area is 135 Å². The third-order valence-electron chi connectivity index (χ3n) is 3.82. The van der Waals surface area contributed by atoms with Crippen LogP contribution in [0.15, 0.2) is 29.6 Å². The number of aromatic nitrogens is 1. The molecule has 0 spiro atoms. The van der Waals surface area contributed by atoms with Crippen LogP contribution in [0.2, 0.25) is 5.02 Å². The zero-order valence-electron chi connectivity index (χ0n) is 12.3. The van der Waals surface area contributed by atoms with E-state index in [1.165, 1.54) is 23.4 Å². The molecule has 1 N–H and O–H groups in total. The standard InChI is InChI=1S/C17H21ClN2S/c1-12-11-21-17(20-12)9-14(10-19-16-5-6-16)7-13-3-2-4-15(18)8-13/h2-4,8,11,14,16,19H,5-7,9-10H2,1H3. The van der Waals surface area contributed by atoms with Crippen LogP contribution in [-0.4, -0.2) is 17.6 Å². The van der Waals surface area contributed by atoms with Gasteiger partial charge >= 0.3 is 0 Å². The minimum absolute atomic E-state index is 0.578. The number of nitrogens with zero attached hydrogens (tertiary/aromatic N) is 1. The highest BCUT2D eigenvalue weighted by Crippen LogP contribution is 2.22. The molecule has 1 heterocycles. The lowest BCUT2D eigenvalue weighted by atomic mass is 9.96. The maximum absolute atomic E-state index is 6.10. The summed E-state index contributed by atoms with van der Waals surface area (Å²) in [5.74, 6) is 0.578. The predicted octanol–water partition coefficient (Wildman–Crippen LogP) is 4.26. The zero-order valence-corrected chi connectivity index (χ0v) is 13.9. The fraction of sp³-hybridized carbons (Fsp3) is 0.471. The Hall–Kier alpha value is -0.900. The van der Waals surface area contributed by atoms with E-state index in [0.717, 1.165) is 36.1 Å². The molecule has 0 radical (unpaired) electrons. The third-order valence-corrected chi connectivity index (χ3v) is 5.04. The fourth-order valence-corrected chi connectivity index (χ4v) is 3.68. The van der Waals surface area contributed by atoms with E-state index in [0.29, 0.717) is 5.92 Å². The second kappa shape index (κ2) is 6.91. The zero-order chi connectivity index (χ0) is 14.7. The molecule has 1 fully saturated rings. The van der Waals surface area contributed by atoms with Crippen molar-refractivity contribution in [3.8, 4) is 0 Å². The molecule has 2 nitrogen and oxygen atoms in total. The monoisotopic (exact) mass is 320 g/mol. The van der Waals surface area contributed by atoms with Gasteiger partial charge in [0, 0.05) is 28.6 Å². The normalized spacial score (nSPS) is 16.1. The van der Waals surface area contributed by atoms with E-state index < -0.39 is 0 Å². The van der Waals surface area contributed by atoms with E-state index in [2.05, 4.69) is 34.7 Å². The molecule has 1 aromatic carbocycles. The van der Waals surface area contributed by atoms with E-state index in [1.54, 1.807) is 11.3 Å². The van der Waals surface area contributed by atoms with Crippen LogP contribution < -0.4 is 5.32 Å². The molecule has 1 unspecified atom stereocenters. The molecule has 3 rings (SSSR count). The molecular formula is C17H21ClN2S. The molecule has 1 atom stereocenters. The summed E-state index contributed by atoms with van der Waals surface area (Å²) in [7, 11) is 0. The van der Waals surface area contributed by atoms with E-state index in [9.17, 15) is 0 Å². The average Bonchev–Trinajstić information content (AvgIpc) is 3.19. The number of hydrogen-bond donors (Lipinski definition) is 1. The van der Waals surface area contributed by atoms with Gasteiger partial charge in [0.15, 0.2) is 0 Å². The van der Waals surface area contributed by atoms with Crippen molar-refractivity contribution in [2.24, 2.45) is 5.92 Å². The largest absolute Gasteiger partial charge is 0.314 e. The number of aryl methyl sites for hydroxylation is 1. The highest BCUT2D eigenvalue weighted by atomic mass is 35.5. The summed E-state index contributed by atoms with van der Waals surface area (Å²) in [6.45, 7) is 3.13. The Kier molecular flexibility index (Phi) is 4.94. The Morgan fingerprint density at radius 1 is 1.38 bits per heavy atom. The van der Waals surface area contributed by atoms with E-state index >= 15 is 0 Å². The molecule has 4 heteroatoms. The molecule has 1 aliphatic rings. The summed E-state index contributed by atoms with van der Waals surface area (Å²) in [6, 6.07) is 8.98. The number of rotatable bonds is 7. The topological polar surface area (TPSA) is 24.9 Å². The number of benzene rings is 1. The minimum Gasteiger partial charge on any atom is -0.314 e. The highest BCUT2D eigenvalue weighted by Gasteiger charge is 2.22. The van der Waals surface area contributed by atoms with Gasteiger partial charge in [0.05, 0.1) is 5.01 Å².